The zero-order valence-electron chi connectivity index (χ0n) is 17.2. The number of hydrogen-bond donors (Lipinski definition) is 1. The van der Waals surface area contributed by atoms with E-state index in [4.69, 9.17) is 0 Å². The molecule has 0 radical (unpaired) electrons. The molecule has 3 amide bonds. The summed E-state index contributed by atoms with van der Waals surface area (Å²) in [7, 11) is 0. The fourth-order valence-corrected chi connectivity index (χ4v) is 3.31. The first-order valence-corrected chi connectivity index (χ1v) is 9.77. The highest BCUT2D eigenvalue weighted by atomic mass is 16.2. The van der Waals surface area contributed by atoms with Crippen molar-refractivity contribution < 1.29 is 9.59 Å². The molecule has 1 fully saturated rings. The van der Waals surface area contributed by atoms with Crippen LogP contribution in [0.25, 0.3) is 0 Å². The molecule has 1 heterocycles. The molecule has 3 rings (SSSR count). The van der Waals surface area contributed by atoms with Crippen LogP contribution in [0.1, 0.15) is 48.7 Å². The second kappa shape index (κ2) is 8.05. The average molecular weight is 380 g/mol. The zero-order chi connectivity index (χ0) is 20.3. The van der Waals surface area contributed by atoms with Crippen LogP contribution < -0.4 is 10.2 Å². The molecule has 5 nitrogen and oxygen atoms in total. The Morgan fingerprint density at radius 1 is 1.07 bits per heavy atom. The van der Waals surface area contributed by atoms with Gasteiger partial charge in [0.05, 0.1) is 0 Å². The molecule has 28 heavy (non-hydrogen) atoms. The van der Waals surface area contributed by atoms with Crippen LogP contribution in [-0.4, -0.2) is 35.5 Å². The van der Waals surface area contributed by atoms with Gasteiger partial charge < -0.3 is 10.2 Å². The summed E-state index contributed by atoms with van der Waals surface area (Å²) in [4.78, 5) is 29.2. The Kier molecular flexibility index (Phi) is 5.73. The molecule has 0 aromatic heterocycles. The second-order valence-corrected chi connectivity index (χ2v) is 8.45. The summed E-state index contributed by atoms with van der Waals surface area (Å²) in [5.41, 5.74) is 3.36. The van der Waals surface area contributed by atoms with Gasteiger partial charge in [-0.3, -0.25) is 9.69 Å². The maximum atomic E-state index is 13.1. The van der Waals surface area contributed by atoms with Gasteiger partial charge in [0.25, 0.3) is 5.91 Å². The molecular formula is C23H29N3O2. The highest BCUT2D eigenvalue weighted by Gasteiger charge is 2.27. The van der Waals surface area contributed by atoms with Crippen molar-refractivity contribution in [3.8, 4) is 0 Å². The Bertz CT molecular complexity index is 853. The number of anilines is 1. The number of carbonyl (C=O) groups is 2. The minimum Gasteiger partial charge on any atom is -0.347 e. The number of carbonyl (C=O) groups excluding carboxylic acids is 2. The number of hydrogen-bond acceptors (Lipinski definition) is 2. The van der Waals surface area contributed by atoms with E-state index in [1.807, 2.05) is 37.8 Å². The van der Waals surface area contributed by atoms with Gasteiger partial charge in [-0.15, -0.1) is 0 Å². The molecule has 0 aliphatic carbocycles. The summed E-state index contributed by atoms with van der Waals surface area (Å²) in [6.45, 7) is 9.91. The lowest BCUT2D eigenvalue weighted by atomic mass is 10.1. The Labute approximate surface area is 167 Å². The van der Waals surface area contributed by atoms with Crippen molar-refractivity contribution in [2.75, 3.05) is 18.0 Å². The summed E-state index contributed by atoms with van der Waals surface area (Å²) in [6, 6.07) is 15.6. The first kappa shape index (κ1) is 19.9. The van der Waals surface area contributed by atoms with E-state index >= 15 is 0 Å². The number of rotatable bonds is 4. The van der Waals surface area contributed by atoms with E-state index < -0.39 is 0 Å². The van der Waals surface area contributed by atoms with E-state index in [-0.39, 0.29) is 17.5 Å². The van der Waals surface area contributed by atoms with Gasteiger partial charge in [0.1, 0.15) is 0 Å². The van der Waals surface area contributed by atoms with Gasteiger partial charge in [-0.2, -0.15) is 0 Å². The van der Waals surface area contributed by atoms with Crippen molar-refractivity contribution >= 4 is 17.6 Å². The fourth-order valence-electron chi connectivity index (χ4n) is 3.31. The molecule has 1 N–H and O–H groups in total. The molecule has 0 atom stereocenters. The van der Waals surface area contributed by atoms with Crippen LogP contribution in [-0.2, 0) is 6.54 Å². The van der Waals surface area contributed by atoms with Crippen molar-refractivity contribution in [3.05, 3.63) is 65.2 Å². The van der Waals surface area contributed by atoms with Crippen molar-refractivity contribution in [1.82, 2.24) is 10.2 Å². The zero-order valence-corrected chi connectivity index (χ0v) is 17.2. The van der Waals surface area contributed by atoms with Crippen molar-refractivity contribution in [2.45, 2.75) is 46.2 Å². The van der Waals surface area contributed by atoms with Gasteiger partial charge in [-0.25, -0.2) is 4.79 Å². The number of benzene rings is 2. The summed E-state index contributed by atoms with van der Waals surface area (Å²) in [5, 5.41) is 2.97. The Morgan fingerprint density at radius 3 is 2.46 bits per heavy atom. The number of nitrogens with zero attached hydrogens (tertiary/aromatic N) is 2. The van der Waals surface area contributed by atoms with Gasteiger partial charge in [-0.05, 0) is 57.9 Å². The largest absolute Gasteiger partial charge is 0.347 e. The fraction of sp³-hybridized carbons (Fsp3) is 0.391. The van der Waals surface area contributed by atoms with Gasteiger partial charge >= 0.3 is 6.03 Å². The number of urea groups is 1. The van der Waals surface area contributed by atoms with Crippen LogP contribution in [0.2, 0.25) is 0 Å². The lowest BCUT2D eigenvalue weighted by Crippen LogP contribution is -2.49. The maximum Gasteiger partial charge on any atom is 0.324 e. The molecule has 0 saturated carbocycles. The van der Waals surface area contributed by atoms with E-state index in [1.165, 1.54) is 5.56 Å². The number of amides is 3. The molecule has 2 aromatic rings. The Balaban J connectivity index is 1.75. The van der Waals surface area contributed by atoms with E-state index in [2.05, 4.69) is 36.5 Å². The lowest BCUT2D eigenvalue weighted by Gasteiger charge is -2.36. The van der Waals surface area contributed by atoms with Crippen LogP contribution in [0.3, 0.4) is 0 Å². The van der Waals surface area contributed by atoms with Crippen LogP contribution in [0, 0.1) is 6.92 Å². The van der Waals surface area contributed by atoms with Crippen LogP contribution in [0.4, 0.5) is 10.5 Å². The van der Waals surface area contributed by atoms with Gasteiger partial charge in [0.2, 0.25) is 0 Å². The van der Waals surface area contributed by atoms with Gasteiger partial charge in [0, 0.05) is 36.4 Å². The predicted octanol–water partition coefficient (Wildman–Crippen LogP) is 4.36. The summed E-state index contributed by atoms with van der Waals surface area (Å²) in [5.74, 6) is -0.129. The van der Waals surface area contributed by atoms with Gasteiger partial charge in [0.15, 0.2) is 0 Å². The van der Waals surface area contributed by atoms with Crippen molar-refractivity contribution in [1.29, 1.82) is 0 Å². The average Bonchev–Trinajstić information content (AvgIpc) is 2.64. The lowest BCUT2D eigenvalue weighted by molar-refractivity contribution is 0.0919. The second-order valence-electron chi connectivity index (χ2n) is 8.45. The monoisotopic (exact) mass is 379 g/mol. The smallest absolute Gasteiger partial charge is 0.324 e. The first-order valence-electron chi connectivity index (χ1n) is 9.77. The molecule has 5 heteroatoms. The molecule has 1 aliphatic rings. The van der Waals surface area contributed by atoms with Gasteiger partial charge in [-0.1, -0.05) is 35.9 Å². The molecule has 0 unspecified atom stereocenters. The normalized spacial score (nSPS) is 14.9. The molecule has 148 valence electrons. The van der Waals surface area contributed by atoms with Crippen LogP contribution in [0.5, 0.6) is 0 Å². The third-order valence-corrected chi connectivity index (χ3v) is 4.71. The van der Waals surface area contributed by atoms with Crippen molar-refractivity contribution in [3.63, 3.8) is 0 Å². The Hall–Kier alpha value is -2.82. The minimum absolute atomic E-state index is 0.0137. The summed E-state index contributed by atoms with van der Waals surface area (Å²) < 4.78 is 0. The highest BCUT2D eigenvalue weighted by Crippen LogP contribution is 2.23. The van der Waals surface area contributed by atoms with E-state index in [0.29, 0.717) is 18.7 Å². The minimum atomic E-state index is -0.307. The summed E-state index contributed by atoms with van der Waals surface area (Å²) in [6.07, 6.45) is 0.899. The quantitative estimate of drug-likeness (QED) is 0.858. The third-order valence-electron chi connectivity index (χ3n) is 4.71. The molecular weight excluding hydrogens is 350 g/mol. The summed E-state index contributed by atoms with van der Waals surface area (Å²) >= 11 is 0. The third kappa shape index (κ3) is 4.91. The molecule has 0 bridgehead atoms. The number of nitrogens with one attached hydrogen (secondary N) is 1. The van der Waals surface area contributed by atoms with E-state index in [0.717, 1.165) is 24.2 Å². The molecule has 2 aromatic carbocycles. The van der Waals surface area contributed by atoms with E-state index in [1.54, 1.807) is 17.0 Å². The van der Waals surface area contributed by atoms with Crippen LogP contribution >= 0.6 is 0 Å². The van der Waals surface area contributed by atoms with Crippen molar-refractivity contribution in [2.24, 2.45) is 0 Å². The predicted molar refractivity (Wildman–Crippen MR) is 113 cm³/mol. The topological polar surface area (TPSA) is 52.6 Å². The van der Waals surface area contributed by atoms with E-state index in [9.17, 15) is 9.59 Å². The number of aryl methyl sites for hydroxylation is 1. The van der Waals surface area contributed by atoms with Crippen LogP contribution in [0.15, 0.2) is 48.5 Å². The molecule has 1 saturated heterocycles. The highest BCUT2D eigenvalue weighted by molar-refractivity contribution is 5.98. The SMILES string of the molecule is Cc1ccc(CN2CCCN(c3cccc(C(=O)NC(C)(C)C)c3)C2=O)cc1. The standard InChI is InChI=1S/C23H29N3O2/c1-17-9-11-18(12-10-17)16-25-13-6-14-26(22(25)28)20-8-5-7-19(15-20)21(27)24-23(2,3)4/h5,7-12,15H,6,13-14,16H2,1-4H3,(H,24,27). The Morgan fingerprint density at radius 2 is 1.79 bits per heavy atom. The molecule has 1 aliphatic heterocycles. The first-order chi connectivity index (χ1) is 13.2. The molecule has 0 spiro atoms. The maximum absolute atomic E-state index is 13.1.